The summed E-state index contributed by atoms with van der Waals surface area (Å²) in [7, 11) is 0. The van der Waals surface area contributed by atoms with Crippen molar-refractivity contribution in [2.24, 2.45) is 0 Å². The molecule has 1 fully saturated rings. The molecule has 1 aliphatic rings. The number of hydrogen-bond donors (Lipinski definition) is 2. The van der Waals surface area contributed by atoms with Crippen molar-refractivity contribution in [3.05, 3.63) is 108 Å². The molecule has 2 N–H and O–H groups in total. The maximum absolute atomic E-state index is 12.9. The van der Waals surface area contributed by atoms with Crippen molar-refractivity contribution < 1.29 is 38.4 Å². The summed E-state index contributed by atoms with van der Waals surface area (Å²) < 4.78 is 23.1. The molecule has 0 saturated carbocycles. The number of carbonyl (C=O) groups is 3. The Morgan fingerprint density at radius 2 is 1.39 bits per heavy atom. The molecule has 1 saturated heterocycles. The van der Waals surface area contributed by atoms with E-state index in [4.69, 9.17) is 18.9 Å². The van der Waals surface area contributed by atoms with Gasteiger partial charge in [0, 0.05) is 6.92 Å². The SMILES string of the molecule is CC(=O)N[C@H]1[C@@H](OCc2ccccc2)O[C@H](COC(=O)c2ccccc2)[C@@H](O)[C@@H]1OC(=O)c1ccccc1. The maximum atomic E-state index is 12.9. The topological polar surface area (TPSA) is 120 Å². The number of aliphatic hydroxyl groups is 1. The lowest BCUT2D eigenvalue weighted by molar-refractivity contribution is -0.272. The molecular weight excluding hydrogens is 490 g/mol. The van der Waals surface area contributed by atoms with Crippen LogP contribution in [0.3, 0.4) is 0 Å². The van der Waals surface area contributed by atoms with Crippen molar-refractivity contribution in [2.75, 3.05) is 6.61 Å². The number of carbonyl (C=O) groups excluding carboxylic acids is 3. The minimum absolute atomic E-state index is 0.119. The smallest absolute Gasteiger partial charge is 0.338 e. The predicted molar refractivity (Wildman–Crippen MR) is 136 cm³/mol. The Labute approximate surface area is 220 Å². The van der Waals surface area contributed by atoms with Crippen LogP contribution in [-0.2, 0) is 30.3 Å². The molecule has 4 rings (SSSR count). The van der Waals surface area contributed by atoms with Gasteiger partial charge in [-0.3, -0.25) is 4.79 Å². The maximum Gasteiger partial charge on any atom is 0.338 e. The first kappa shape index (κ1) is 27.0. The molecule has 0 unspecified atom stereocenters. The number of ether oxygens (including phenoxy) is 4. The van der Waals surface area contributed by atoms with Gasteiger partial charge in [0.15, 0.2) is 12.4 Å². The summed E-state index contributed by atoms with van der Waals surface area (Å²) in [6, 6.07) is 24.9. The summed E-state index contributed by atoms with van der Waals surface area (Å²) in [5, 5.41) is 13.9. The van der Waals surface area contributed by atoms with Gasteiger partial charge >= 0.3 is 11.9 Å². The number of benzene rings is 3. The van der Waals surface area contributed by atoms with E-state index < -0.39 is 48.5 Å². The normalized spacial score (nSPS) is 22.7. The summed E-state index contributed by atoms with van der Waals surface area (Å²) in [4.78, 5) is 37.5. The number of rotatable bonds is 9. The third-order valence-corrected chi connectivity index (χ3v) is 5.94. The molecule has 0 aliphatic carbocycles. The Hall–Kier alpha value is -4.05. The van der Waals surface area contributed by atoms with Gasteiger partial charge < -0.3 is 29.4 Å². The van der Waals surface area contributed by atoms with E-state index in [1.54, 1.807) is 60.7 Å². The third kappa shape index (κ3) is 7.04. The molecule has 198 valence electrons. The highest BCUT2D eigenvalue weighted by Gasteiger charge is 2.49. The summed E-state index contributed by atoms with van der Waals surface area (Å²) >= 11 is 0. The summed E-state index contributed by atoms with van der Waals surface area (Å²) in [5.41, 5.74) is 1.44. The van der Waals surface area contributed by atoms with Crippen molar-refractivity contribution >= 4 is 17.8 Å². The number of hydrogen-bond acceptors (Lipinski definition) is 8. The molecular formula is C29H29NO8. The first-order valence-electron chi connectivity index (χ1n) is 12.2. The van der Waals surface area contributed by atoms with Gasteiger partial charge in [-0.2, -0.15) is 0 Å². The van der Waals surface area contributed by atoms with E-state index in [2.05, 4.69) is 5.32 Å². The van der Waals surface area contributed by atoms with Gasteiger partial charge in [-0.1, -0.05) is 66.7 Å². The molecule has 9 nitrogen and oxygen atoms in total. The Kier molecular flexibility index (Phi) is 9.21. The first-order chi connectivity index (χ1) is 18.4. The average Bonchev–Trinajstić information content (AvgIpc) is 2.95. The second-order valence-corrected chi connectivity index (χ2v) is 8.76. The molecule has 0 aromatic heterocycles. The van der Waals surface area contributed by atoms with Crippen molar-refractivity contribution in [3.63, 3.8) is 0 Å². The van der Waals surface area contributed by atoms with E-state index in [-0.39, 0.29) is 18.8 Å². The third-order valence-electron chi connectivity index (χ3n) is 5.94. The van der Waals surface area contributed by atoms with E-state index in [1.165, 1.54) is 6.92 Å². The molecule has 1 heterocycles. The molecule has 0 bridgehead atoms. The van der Waals surface area contributed by atoms with E-state index >= 15 is 0 Å². The zero-order chi connectivity index (χ0) is 26.9. The molecule has 5 atom stereocenters. The molecule has 3 aromatic rings. The van der Waals surface area contributed by atoms with Crippen molar-refractivity contribution in [1.29, 1.82) is 0 Å². The minimum Gasteiger partial charge on any atom is -0.459 e. The zero-order valence-electron chi connectivity index (χ0n) is 20.8. The van der Waals surface area contributed by atoms with Crippen molar-refractivity contribution in [2.45, 2.75) is 44.2 Å². The van der Waals surface area contributed by atoms with Gasteiger partial charge in [0.2, 0.25) is 5.91 Å². The Balaban J connectivity index is 1.56. The van der Waals surface area contributed by atoms with Crippen LogP contribution < -0.4 is 5.32 Å². The minimum atomic E-state index is -1.44. The van der Waals surface area contributed by atoms with Gasteiger partial charge in [0.1, 0.15) is 24.9 Å². The van der Waals surface area contributed by atoms with E-state index in [0.717, 1.165) is 5.56 Å². The molecule has 9 heteroatoms. The predicted octanol–water partition coefficient (Wildman–Crippen LogP) is 2.88. The van der Waals surface area contributed by atoms with Gasteiger partial charge in [-0.25, -0.2) is 9.59 Å². The average molecular weight is 520 g/mol. The highest BCUT2D eigenvalue weighted by Crippen LogP contribution is 2.27. The van der Waals surface area contributed by atoms with Crippen LogP contribution in [0.15, 0.2) is 91.0 Å². The van der Waals surface area contributed by atoms with Gasteiger partial charge in [-0.05, 0) is 29.8 Å². The quantitative estimate of drug-likeness (QED) is 0.414. The number of esters is 2. The van der Waals surface area contributed by atoms with Gasteiger partial charge in [0.25, 0.3) is 0 Å². The van der Waals surface area contributed by atoms with E-state index in [9.17, 15) is 19.5 Å². The standard InChI is InChI=1S/C29H29NO8/c1-19(31)30-24-26(38-28(34)22-15-9-4-10-16-22)25(32)23(18-35-27(33)21-13-7-3-8-14-21)37-29(24)36-17-20-11-5-2-6-12-20/h2-16,23-26,29,32H,17-18H2,1H3,(H,30,31)/t23-,24-,25-,26-,29+/m1/s1. The fourth-order valence-corrected chi connectivity index (χ4v) is 4.06. The molecule has 38 heavy (non-hydrogen) atoms. The van der Waals surface area contributed by atoms with Crippen LogP contribution in [0.4, 0.5) is 0 Å². The van der Waals surface area contributed by atoms with Crippen LogP contribution >= 0.6 is 0 Å². The van der Waals surface area contributed by atoms with E-state index in [0.29, 0.717) is 5.56 Å². The highest BCUT2D eigenvalue weighted by atomic mass is 16.7. The Bertz CT molecular complexity index is 1210. The van der Waals surface area contributed by atoms with Crippen LogP contribution in [-0.4, -0.2) is 60.2 Å². The fraction of sp³-hybridized carbons (Fsp3) is 0.276. The Morgan fingerprint density at radius 1 is 0.842 bits per heavy atom. The molecule has 0 radical (unpaired) electrons. The molecule has 1 aliphatic heterocycles. The summed E-state index contributed by atoms with van der Waals surface area (Å²) in [6.07, 6.45) is -4.94. The first-order valence-corrected chi connectivity index (χ1v) is 12.2. The van der Waals surface area contributed by atoms with Crippen LogP contribution in [0.1, 0.15) is 33.2 Å². The highest BCUT2D eigenvalue weighted by molar-refractivity contribution is 5.90. The van der Waals surface area contributed by atoms with Crippen molar-refractivity contribution in [3.8, 4) is 0 Å². The second kappa shape index (κ2) is 13.0. The van der Waals surface area contributed by atoms with Gasteiger partial charge in [0.05, 0.1) is 17.7 Å². The molecule has 3 aromatic carbocycles. The number of amides is 1. The molecule has 0 spiro atoms. The number of nitrogens with one attached hydrogen (secondary N) is 1. The largest absolute Gasteiger partial charge is 0.459 e. The Morgan fingerprint density at radius 3 is 1.97 bits per heavy atom. The number of aliphatic hydroxyl groups excluding tert-OH is 1. The lowest BCUT2D eigenvalue weighted by atomic mass is 9.96. The summed E-state index contributed by atoms with van der Waals surface area (Å²) in [6.45, 7) is 1.07. The summed E-state index contributed by atoms with van der Waals surface area (Å²) in [5.74, 6) is -1.74. The van der Waals surface area contributed by atoms with Crippen LogP contribution in [0.2, 0.25) is 0 Å². The molecule has 1 amide bonds. The monoisotopic (exact) mass is 519 g/mol. The lowest BCUT2D eigenvalue weighted by Gasteiger charge is -2.43. The van der Waals surface area contributed by atoms with E-state index in [1.807, 2.05) is 30.3 Å². The fourth-order valence-electron chi connectivity index (χ4n) is 4.06. The van der Waals surface area contributed by atoms with Crippen molar-refractivity contribution in [1.82, 2.24) is 5.32 Å². The van der Waals surface area contributed by atoms with Crippen LogP contribution in [0.5, 0.6) is 0 Å². The van der Waals surface area contributed by atoms with Gasteiger partial charge in [-0.15, -0.1) is 0 Å². The second-order valence-electron chi connectivity index (χ2n) is 8.76. The van der Waals surface area contributed by atoms with Crippen LogP contribution in [0, 0.1) is 0 Å². The van der Waals surface area contributed by atoms with Crippen LogP contribution in [0.25, 0.3) is 0 Å². The zero-order valence-corrected chi connectivity index (χ0v) is 20.8. The lowest BCUT2D eigenvalue weighted by Crippen LogP contribution is -2.65.